The predicted molar refractivity (Wildman–Crippen MR) is 151 cm³/mol. The van der Waals surface area contributed by atoms with E-state index < -0.39 is 11.4 Å². The van der Waals surface area contributed by atoms with Crippen molar-refractivity contribution >= 4 is 50.4 Å². The first kappa shape index (κ1) is 26.9. The number of nitrogens with one attached hydrogen (secondary N) is 1. The monoisotopic (exact) mass is 558 g/mol. The van der Waals surface area contributed by atoms with Crippen LogP contribution >= 0.6 is 0 Å². The van der Waals surface area contributed by atoms with Crippen LogP contribution in [0, 0.1) is 17.7 Å². The van der Waals surface area contributed by atoms with Crippen molar-refractivity contribution < 1.29 is 22.2 Å². The minimum Gasteiger partial charge on any atom is -0.392 e. The van der Waals surface area contributed by atoms with E-state index in [-0.39, 0.29) is 19.0 Å². The molecule has 0 aliphatic heterocycles. The standard InChI is InChI=1S/C28H23FN6O4S/c1-2-4-25(34-38-11-12-39-40(36)37)20-7-9-26-24(15-20)28(31-18-30-26)33-23-8-10-27-21(14-23)16-32-35(27)17-19-5-3-6-22(29)13-19/h3,5-10,13-16,18H,11-12,17H2,1H3,(H,36,37)(H,30,31,33). The highest BCUT2D eigenvalue weighted by Gasteiger charge is 2.11. The van der Waals surface area contributed by atoms with E-state index in [1.807, 2.05) is 47.1 Å². The summed E-state index contributed by atoms with van der Waals surface area (Å²) in [6.07, 6.45) is 3.25. The fraction of sp³-hybridized carbons (Fsp3) is 0.143. The Kier molecular flexibility index (Phi) is 8.36. The number of nitrogens with zero attached hydrogens (tertiary/aromatic N) is 5. The molecule has 2 heterocycles. The van der Waals surface area contributed by atoms with Crippen molar-refractivity contribution in [2.24, 2.45) is 5.16 Å². The summed E-state index contributed by atoms with van der Waals surface area (Å²) in [4.78, 5) is 14.0. The molecule has 0 amide bonds. The van der Waals surface area contributed by atoms with Crippen LogP contribution in [0.4, 0.5) is 15.9 Å². The third kappa shape index (κ3) is 6.47. The van der Waals surface area contributed by atoms with Gasteiger partial charge in [-0.1, -0.05) is 23.2 Å². The molecule has 0 fully saturated rings. The molecule has 12 heteroatoms. The number of halogens is 1. The number of hydrogen-bond donors (Lipinski definition) is 2. The fourth-order valence-electron chi connectivity index (χ4n) is 4.06. The number of fused-ring (bicyclic) bond motifs is 2. The van der Waals surface area contributed by atoms with Gasteiger partial charge in [-0.25, -0.2) is 14.4 Å². The van der Waals surface area contributed by atoms with E-state index in [1.54, 1.807) is 19.2 Å². The van der Waals surface area contributed by atoms with Crippen molar-refractivity contribution in [1.82, 2.24) is 19.7 Å². The van der Waals surface area contributed by atoms with Gasteiger partial charge in [0.15, 0.2) is 5.71 Å². The van der Waals surface area contributed by atoms with Crippen molar-refractivity contribution in [3.8, 4) is 11.8 Å². The van der Waals surface area contributed by atoms with Crippen molar-refractivity contribution in [2.75, 3.05) is 18.5 Å². The van der Waals surface area contributed by atoms with E-state index in [1.165, 1.54) is 18.5 Å². The lowest BCUT2D eigenvalue weighted by Gasteiger charge is -2.10. The molecule has 2 aromatic heterocycles. The highest BCUT2D eigenvalue weighted by Crippen LogP contribution is 2.27. The molecule has 202 valence electrons. The summed E-state index contributed by atoms with van der Waals surface area (Å²) in [6.45, 7) is 2.01. The predicted octanol–water partition coefficient (Wildman–Crippen LogP) is 4.81. The van der Waals surface area contributed by atoms with Crippen LogP contribution in [0.5, 0.6) is 0 Å². The molecule has 5 rings (SSSR count). The minimum absolute atomic E-state index is 0.0218. The number of hydrogen-bond acceptors (Lipinski definition) is 8. The second kappa shape index (κ2) is 12.4. The minimum atomic E-state index is -2.37. The number of rotatable bonds is 10. The van der Waals surface area contributed by atoms with Crippen molar-refractivity contribution in [1.29, 1.82) is 0 Å². The molecule has 0 bridgehead atoms. The molecular formula is C28H23FN6O4S. The lowest BCUT2D eigenvalue weighted by molar-refractivity contribution is 0.109. The quantitative estimate of drug-likeness (QED) is 0.0823. The summed E-state index contributed by atoms with van der Waals surface area (Å²) in [7, 11) is 0. The Bertz CT molecular complexity index is 1800. The maximum atomic E-state index is 13.6. The van der Waals surface area contributed by atoms with Crippen molar-refractivity contribution in [2.45, 2.75) is 13.5 Å². The summed E-state index contributed by atoms with van der Waals surface area (Å²) in [5, 5.41) is 13.6. The van der Waals surface area contributed by atoms with Crippen LogP contribution < -0.4 is 5.32 Å². The highest BCUT2D eigenvalue weighted by molar-refractivity contribution is 7.74. The van der Waals surface area contributed by atoms with E-state index in [4.69, 9.17) is 9.39 Å². The molecule has 0 aliphatic carbocycles. The van der Waals surface area contributed by atoms with E-state index in [2.05, 4.69) is 41.6 Å². The van der Waals surface area contributed by atoms with Gasteiger partial charge in [0.25, 0.3) is 0 Å². The van der Waals surface area contributed by atoms with Crippen molar-refractivity contribution in [3.05, 3.63) is 90.1 Å². The van der Waals surface area contributed by atoms with E-state index in [9.17, 15) is 8.60 Å². The number of anilines is 2. The smallest absolute Gasteiger partial charge is 0.302 e. The summed E-state index contributed by atoms with van der Waals surface area (Å²) in [6, 6.07) is 17.8. The third-order valence-corrected chi connectivity index (χ3v) is 6.16. The molecule has 3 aromatic carbocycles. The lowest BCUT2D eigenvalue weighted by Crippen LogP contribution is -2.06. The Morgan fingerprint density at radius 3 is 2.88 bits per heavy atom. The van der Waals surface area contributed by atoms with Crippen LogP contribution in [0.25, 0.3) is 21.8 Å². The maximum absolute atomic E-state index is 13.6. The van der Waals surface area contributed by atoms with Crippen LogP contribution in [0.2, 0.25) is 0 Å². The third-order valence-electron chi connectivity index (χ3n) is 5.79. The van der Waals surface area contributed by atoms with Crippen molar-refractivity contribution in [3.63, 3.8) is 0 Å². The Morgan fingerprint density at radius 2 is 2.05 bits per heavy atom. The largest absolute Gasteiger partial charge is 0.392 e. The van der Waals surface area contributed by atoms with Gasteiger partial charge in [-0.15, -0.1) is 0 Å². The van der Waals surface area contributed by atoms with E-state index in [0.717, 1.165) is 27.5 Å². The molecule has 10 nitrogen and oxygen atoms in total. The summed E-state index contributed by atoms with van der Waals surface area (Å²) in [5.41, 5.74) is 4.31. The van der Waals surface area contributed by atoms with Gasteiger partial charge in [-0.3, -0.25) is 13.4 Å². The molecule has 5 aromatic rings. The molecule has 0 saturated heterocycles. The summed E-state index contributed by atoms with van der Waals surface area (Å²) < 4.78 is 39.2. The SMILES string of the molecule is CC#CC(=NOCCOS(=O)O)c1ccc2ncnc(Nc3ccc4c(cnn4Cc4cccc(F)c4)c3)c2c1. The average molecular weight is 559 g/mol. The van der Waals surface area contributed by atoms with Gasteiger partial charge in [0.05, 0.1) is 23.8 Å². The van der Waals surface area contributed by atoms with Gasteiger partial charge >= 0.3 is 11.4 Å². The zero-order valence-electron chi connectivity index (χ0n) is 21.2. The Labute approximate surface area is 231 Å². The molecule has 1 unspecified atom stereocenters. The van der Waals surface area contributed by atoms with Gasteiger partial charge in [0.2, 0.25) is 0 Å². The summed E-state index contributed by atoms with van der Waals surface area (Å²) >= 11 is -2.37. The Hall–Kier alpha value is -4.70. The van der Waals surface area contributed by atoms with Gasteiger partial charge in [-0.05, 0) is 66.9 Å². The Balaban J connectivity index is 1.39. The number of oxime groups is 1. The number of benzene rings is 3. The molecule has 0 radical (unpaired) electrons. The molecule has 40 heavy (non-hydrogen) atoms. The van der Waals surface area contributed by atoms with E-state index in [0.29, 0.717) is 29.2 Å². The number of aromatic nitrogens is 4. The lowest BCUT2D eigenvalue weighted by atomic mass is 10.1. The van der Waals surface area contributed by atoms with Gasteiger partial charge in [0, 0.05) is 22.0 Å². The first-order valence-corrected chi connectivity index (χ1v) is 13.1. The molecule has 0 aliphatic rings. The Morgan fingerprint density at radius 1 is 1.15 bits per heavy atom. The van der Waals surface area contributed by atoms with Gasteiger partial charge in [-0.2, -0.15) is 9.31 Å². The van der Waals surface area contributed by atoms with Crippen LogP contribution in [-0.4, -0.2) is 47.4 Å². The van der Waals surface area contributed by atoms with Gasteiger partial charge < -0.3 is 10.2 Å². The maximum Gasteiger partial charge on any atom is 0.302 e. The first-order valence-electron chi connectivity index (χ1n) is 12.1. The van der Waals surface area contributed by atoms with Crippen LogP contribution in [0.15, 0.2) is 78.3 Å². The zero-order chi connectivity index (χ0) is 27.9. The molecule has 2 N–H and O–H groups in total. The van der Waals surface area contributed by atoms with Crippen LogP contribution in [0.1, 0.15) is 18.1 Å². The van der Waals surface area contributed by atoms with Gasteiger partial charge in [0.1, 0.15) is 31.2 Å². The molecule has 0 spiro atoms. The fourth-order valence-corrected chi connectivity index (χ4v) is 4.27. The molecule has 0 saturated carbocycles. The average Bonchev–Trinajstić information content (AvgIpc) is 3.34. The highest BCUT2D eigenvalue weighted by atomic mass is 32.2. The van der Waals surface area contributed by atoms with Crippen LogP contribution in [-0.2, 0) is 26.9 Å². The summed E-state index contributed by atoms with van der Waals surface area (Å²) in [5.74, 6) is 6.03. The first-order chi connectivity index (χ1) is 19.5. The zero-order valence-corrected chi connectivity index (χ0v) is 22.1. The molecular weight excluding hydrogens is 535 g/mol. The molecule has 1 atom stereocenters. The second-order valence-corrected chi connectivity index (χ2v) is 9.14. The van der Waals surface area contributed by atoms with E-state index >= 15 is 0 Å². The normalized spacial score (nSPS) is 12.2. The second-order valence-electron chi connectivity index (χ2n) is 8.47. The topological polar surface area (TPSA) is 124 Å². The van der Waals surface area contributed by atoms with Crippen LogP contribution in [0.3, 0.4) is 0 Å².